The number of hydrogen-bond acceptors (Lipinski definition) is 6. The molecule has 3 rings (SSSR count). The fourth-order valence-electron chi connectivity index (χ4n) is 2.73. The van der Waals surface area contributed by atoms with Gasteiger partial charge in [0.05, 0.1) is 16.9 Å². The molecule has 0 spiro atoms. The molecule has 0 unspecified atom stereocenters. The quantitative estimate of drug-likeness (QED) is 0.622. The third-order valence-electron chi connectivity index (χ3n) is 4.21. The van der Waals surface area contributed by atoms with Crippen LogP contribution in [0.4, 0.5) is 22.7 Å². The Balaban J connectivity index is 2.03. The Bertz CT molecular complexity index is 912. The molecule has 3 N–H and O–H groups in total. The van der Waals surface area contributed by atoms with Crippen molar-refractivity contribution < 1.29 is 14.7 Å². The van der Waals surface area contributed by atoms with Crippen LogP contribution < -0.4 is 20.4 Å². The maximum atomic E-state index is 12.6. The first-order chi connectivity index (χ1) is 12.8. The van der Waals surface area contributed by atoms with Crippen molar-refractivity contribution in [3.05, 3.63) is 35.9 Å². The Morgan fingerprint density at radius 2 is 1.70 bits per heavy atom. The number of anilines is 4. The van der Waals surface area contributed by atoms with Crippen LogP contribution in [0.2, 0.25) is 0 Å². The monoisotopic (exact) mass is 386 g/mol. The van der Waals surface area contributed by atoms with Crippen LogP contribution in [-0.4, -0.2) is 51.7 Å². The molecule has 0 bridgehead atoms. The number of aliphatic carboxylic acids is 1. The summed E-state index contributed by atoms with van der Waals surface area (Å²) >= 11 is 1.59. The Hall–Kier alpha value is -2.87. The number of fused-ring (bicyclic) bond motifs is 2. The van der Waals surface area contributed by atoms with E-state index in [2.05, 4.69) is 16.7 Å². The van der Waals surface area contributed by atoms with Gasteiger partial charge in [0.2, 0.25) is 0 Å². The average Bonchev–Trinajstić information content (AvgIpc) is 2.62. The van der Waals surface area contributed by atoms with E-state index < -0.39 is 18.4 Å². The maximum absolute atomic E-state index is 12.6. The van der Waals surface area contributed by atoms with Gasteiger partial charge < -0.3 is 25.5 Å². The fraction of sp³-hybridized carbons (Fsp3) is 0.263. The number of carbonyl (C=O) groups is 2. The van der Waals surface area contributed by atoms with Gasteiger partial charge in [0, 0.05) is 49.4 Å². The van der Waals surface area contributed by atoms with Crippen LogP contribution >= 0.6 is 11.8 Å². The minimum Gasteiger partial charge on any atom is -0.480 e. The number of nitrogens with zero attached hydrogens (tertiary/aromatic N) is 2. The third-order valence-corrected chi connectivity index (χ3v) is 5.31. The number of carboxylic acid groups (broad SMARTS) is 1. The molecule has 0 saturated heterocycles. The van der Waals surface area contributed by atoms with Crippen molar-refractivity contribution in [1.29, 1.82) is 0 Å². The van der Waals surface area contributed by atoms with E-state index in [1.807, 2.05) is 56.2 Å². The average molecular weight is 386 g/mol. The zero-order chi connectivity index (χ0) is 19.7. The molecular formula is C19H22N4O3S. The van der Waals surface area contributed by atoms with Crippen molar-refractivity contribution in [2.75, 3.05) is 49.9 Å². The molecule has 0 aliphatic carbocycles. The highest BCUT2D eigenvalue weighted by Crippen LogP contribution is 2.48. The normalized spacial score (nSPS) is 11.7. The topological polar surface area (TPSA) is 84.9 Å². The third kappa shape index (κ3) is 3.95. The van der Waals surface area contributed by atoms with Crippen LogP contribution in [0, 0.1) is 0 Å². The molecule has 0 fully saturated rings. The van der Waals surface area contributed by atoms with Gasteiger partial charge in [-0.3, -0.25) is 9.59 Å². The van der Waals surface area contributed by atoms with Crippen LogP contribution in [-0.2, 0) is 4.79 Å². The molecule has 2 aromatic carbocycles. The molecule has 1 aliphatic rings. The van der Waals surface area contributed by atoms with E-state index in [1.54, 1.807) is 17.8 Å². The van der Waals surface area contributed by atoms with Gasteiger partial charge >= 0.3 is 5.97 Å². The summed E-state index contributed by atoms with van der Waals surface area (Å²) < 4.78 is 0. The molecule has 7 nitrogen and oxygen atoms in total. The van der Waals surface area contributed by atoms with Crippen molar-refractivity contribution in [3.8, 4) is 0 Å². The van der Waals surface area contributed by atoms with Gasteiger partial charge in [0.1, 0.15) is 6.54 Å². The number of nitrogens with one attached hydrogen (secondary N) is 2. The van der Waals surface area contributed by atoms with Gasteiger partial charge in [-0.2, -0.15) is 0 Å². The zero-order valence-electron chi connectivity index (χ0n) is 15.7. The smallest absolute Gasteiger partial charge is 0.322 e. The number of rotatable bonds is 5. The van der Waals surface area contributed by atoms with Crippen molar-refractivity contribution >= 4 is 46.4 Å². The summed E-state index contributed by atoms with van der Waals surface area (Å²) in [4.78, 5) is 29.4. The maximum Gasteiger partial charge on any atom is 0.322 e. The van der Waals surface area contributed by atoms with Gasteiger partial charge in [0.25, 0.3) is 5.91 Å². The molecule has 0 saturated carbocycles. The Kier molecular flexibility index (Phi) is 5.18. The van der Waals surface area contributed by atoms with E-state index in [0.717, 1.165) is 26.9 Å². The first-order valence-corrected chi connectivity index (χ1v) is 9.19. The first kappa shape index (κ1) is 18.9. The number of amides is 1. The highest BCUT2D eigenvalue weighted by Gasteiger charge is 2.24. The molecule has 0 aromatic heterocycles. The van der Waals surface area contributed by atoms with E-state index in [9.17, 15) is 9.59 Å². The summed E-state index contributed by atoms with van der Waals surface area (Å²) in [6.45, 7) is -0.421. The number of carbonyl (C=O) groups excluding carboxylic acids is 1. The summed E-state index contributed by atoms with van der Waals surface area (Å²) in [6, 6.07) is 9.88. The van der Waals surface area contributed by atoms with Crippen molar-refractivity contribution in [3.63, 3.8) is 0 Å². The predicted molar refractivity (Wildman–Crippen MR) is 109 cm³/mol. The fourth-order valence-corrected chi connectivity index (χ4v) is 3.82. The van der Waals surface area contributed by atoms with Crippen LogP contribution in [0.5, 0.6) is 0 Å². The summed E-state index contributed by atoms with van der Waals surface area (Å²) in [5, 5.41) is 14.6. The first-order valence-electron chi connectivity index (χ1n) is 8.38. The minimum absolute atomic E-state index is 0.418. The lowest BCUT2D eigenvalue weighted by atomic mass is 10.1. The molecule has 2 aromatic rings. The van der Waals surface area contributed by atoms with E-state index in [4.69, 9.17) is 5.11 Å². The molecule has 27 heavy (non-hydrogen) atoms. The van der Waals surface area contributed by atoms with E-state index in [1.165, 1.54) is 0 Å². The number of hydrogen-bond donors (Lipinski definition) is 3. The molecule has 142 valence electrons. The Morgan fingerprint density at radius 1 is 1.04 bits per heavy atom. The van der Waals surface area contributed by atoms with E-state index >= 15 is 0 Å². The number of carboxylic acids is 1. The molecule has 1 aliphatic heterocycles. The van der Waals surface area contributed by atoms with Crippen LogP contribution in [0.15, 0.2) is 40.1 Å². The Morgan fingerprint density at radius 3 is 2.33 bits per heavy atom. The standard InChI is InChI=1S/C19H22N4O3S/c1-22(2)11-5-6-14-15(8-11)27-16-9-12(23(3)4)7-13(18(16)21-14)19(26)20-10-17(24)25/h5-9,21H,10H2,1-4H3,(H,20,26)(H,24,25). The summed E-state index contributed by atoms with van der Waals surface area (Å²) in [5.74, 6) is -1.50. The highest BCUT2D eigenvalue weighted by atomic mass is 32.2. The molecular weight excluding hydrogens is 364 g/mol. The van der Waals surface area contributed by atoms with Crippen LogP contribution in [0.25, 0.3) is 0 Å². The Labute approximate surface area is 162 Å². The molecule has 1 amide bonds. The van der Waals surface area contributed by atoms with Gasteiger partial charge in [0.15, 0.2) is 0 Å². The summed E-state index contributed by atoms with van der Waals surface area (Å²) in [7, 11) is 7.79. The lowest BCUT2D eigenvalue weighted by Crippen LogP contribution is -2.30. The lowest BCUT2D eigenvalue weighted by molar-refractivity contribution is -0.135. The van der Waals surface area contributed by atoms with Crippen LogP contribution in [0.1, 0.15) is 10.4 Å². The highest BCUT2D eigenvalue weighted by molar-refractivity contribution is 7.99. The molecule has 0 radical (unpaired) electrons. The van der Waals surface area contributed by atoms with Gasteiger partial charge in [-0.05, 0) is 30.3 Å². The number of benzene rings is 2. The van der Waals surface area contributed by atoms with Gasteiger partial charge in [-0.15, -0.1) is 0 Å². The largest absolute Gasteiger partial charge is 0.480 e. The van der Waals surface area contributed by atoms with Crippen molar-refractivity contribution in [2.45, 2.75) is 9.79 Å². The van der Waals surface area contributed by atoms with Crippen LogP contribution in [0.3, 0.4) is 0 Å². The molecule has 1 heterocycles. The minimum atomic E-state index is -1.08. The van der Waals surface area contributed by atoms with E-state index in [0.29, 0.717) is 11.3 Å². The second-order valence-corrected chi connectivity index (χ2v) is 7.72. The van der Waals surface area contributed by atoms with Crippen molar-refractivity contribution in [2.24, 2.45) is 0 Å². The summed E-state index contributed by atoms with van der Waals surface area (Å²) in [6.07, 6.45) is 0. The zero-order valence-corrected chi connectivity index (χ0v) is 16.5. The summed E-state index contributed by atoms with van der Waals surface area (Å²) in [5.41, 5.74) is 4.00. The second kappa shape index (κ2) is 7.40. The van der Waals surface area contributed by atoms with Crippen molar-refractivity contribution in [1.82, 2.24) is 5.32 Å². The molecule has 8 heteroatoms. The predicted octanol–water partition coefficient (Wildman–Crippen LogP) is 2.84. The van der Waals surface area contributed by atoms with Gasteiger partial charge in [-0.1, -0.05) is 11.8 Å². The lowest BCUT2D eigenvalue weighted by Gasteiger charge is -2.26. The second-order valence-electron chi connectivity index (χ2n) is 6.64. The van der Waals surface area contributed by atoms with Gasteiger partial charge in [-0.25, -0.2) is 0 Å². The SMILES string of the molecule is CN(C)c1ccc2c(c1)Sc1cc(N(C)C)cc(C(=O)NCC(=O)O)c1N2. The van der Waals surface area contributed by atoms with E-state index in [-0.39, 0.29) is 0 Å². The molecule has 0 atom stereocenters.